The topological polar surface area (TPSA) is 35.0 Å². The molecule has 1 aromatic heterocycles. The highest BCUT2D eigenvalue weighted by molar-refractivity contribution is 8.01. The molecule has 1 saturated heterocycles. The lowest BCUT2D eigenvalue weighted by atomic mass is 10.4. The van der Waals surface area contributed by atoms with E-state index in [1.165, 1.54) is 11.5 Å². The van der Waals surface area contributed by atoms with E-state index in [1.54, 1.807) is 0 Å². The number of thioether (sulfide) groups is 1. The second kappa shape index (κ2) is 4.39. The van der Waals surface area contributed by atoms with Crippen LogP contribution in [0.25, 0.3) is 0 Å². The van der Waals surface area contributed by atoms with Gasteiger partial charge in [-0.15, -0.1) is 0 Å². The monoisotopic (exact) mass is 216 g/mol. The van der Waals surface area contributed by atoms with E-state index in [1.807, 2.05) is 11.8 Å². The van der Waals surface area contributed by atoms with Gasteiger partial charge in [0.15, 0.2) is 4.34 Å². The van der Waals surface area contributed by atoms with Crippen molar-refractivity contribution in [2.45, 2.75) is 29.4 Å². The van der Waals surface area contributed by atoms with E-state index in [9.17, 15) is 0 Å². The van der Waals surface area contributed by atoms with Crippen LogP contribution in [0.15, 0.2) is 4.34 Å². The quantitative estimate of drug-likeness (QED) is 0.774. The first kappa shape index (κ1) is 9.43. The van der Waals surface area contributed by atoms with Gasteiger partial charge in [-0.25, -0.2) is 4.98 Å². The molecular formula is C8H12N2OS2. The van der Waals surface area contributed by atoms with Crippen molar-refractivity contribution in [3.8, 4) is 0 Å². The summed E-state index contributed by atoms with van der Waals surface area (Å²) < 4.78 is 10.6. The highest BCUT2D eigenvalue weighted by Crippen LogP contribution is 2.29. The highest BCUT2D eigenvalue weighted by Gasteiger charge is 2.18. The summed E-state index contributed by atoms with van der Waals surface area (Å²) in [5.74, 6) is 0.964. The van der Waals surface area contributed by atoms with Gasteiger partial charge >= 0.3 is 0 Å². The zero-order valence-electron chi connectivity index (χ0n) is 7.52. The summed E-state index contributed by atoms with van der Waals surface area (Å²) in [7, 11) is 0. The Morgan fingerprint density at radius 3 is 3.23 bits per heavy atom. The Hall–Kier alpha value is -0.130. The molecule has 3 nitrogen and oxygen atoms in total. The van der Waals surface area contributed by atoms with Gasteiger partial charge in [0.25, 0.3) is 0 Å². The molecule has 5 heteroatoms. The van der Waals surface area contributed by atoms with Gasteiger partial charge in [-0.3, -0.25) is 0 Å². The average Bonchev–Trinajstić information content (AvgIpc) is 2.76. The first-order valence-corrected chi connectivity index (χ1v) is 6.10. The highest BCUT2D eigenvalue weighted by atomic mass is 32.2. The van der Waals surface area contributed by atoms with Crippen molar-refractivity contribution in [2.24, 2.45) is 0 Å². The number of hydrogen-bond donors (Lipinski definition) is 0. The van der Waals surface area contributed by atoms with Gasteiger partial charge in [0, 0.05) is 18.3 Å². The molecule has 0 saturated carbocycles. The Kier molecular flexibility index (Phi) is 3.18. The van der Waals surface area contributed by atoms with Crippen LogP contribution < -0.4 is 0 Å². The number of aryl methyl sites for hydroxylation is 1. The lowest BCUT2D eigenvalue weighted by Gasteiger charge is -2.01. The molecule has 2 heterocycles. The molecule has 1 aromatic rings. The van der Waals surface area contributed by atoms with E-state index in [4.69, 9.17) is 4.74 Å². The number of nitrogens with zero attached hydrogens (tertiary/aromatic N) is 2. The molecule has 1 aliphatic heterocycles. The average molecular weight is 216 g/mol. The van der Waals surface area contributed by atoms with Crippen molar-refractivity contribution in [3.05, 3.63) is 5.82 Å². The van der Waals surface area contributed by atoms with Crippen molar-refractivity contribution in [1.29, 1.82) is 0 Å². The summed E-state index contributed by atoms with van der Waals surface area (Å²) in [6, 6.07) is 0. The zero-order valence-corrected chi connectivity index (χ0v) is 9.16. The van der Waals surface area contributed by atoms with Gasteiger partial charge in [-0.1, -0.05) is 18.7 Å². The molecule has 1 unspecified atom stereocenters. The van der Waals surface area contributed by atoms with Crippen LogP contribution in [0.5, 0.6) is 0 Å². The third-order valence-electron chi connectivity index (χ3n) is 1.92. The zero-order chi connectivity index (χ0) is 9.10. The van der Waals surface area contributed by atoms with Gasteiger partial charge in [0.2, 0.25) is 0 Å². The van der Waals surface area contributed by atoms with E-state index in [0.29, 0.717) is 5.25 Å². The summed E-state index contributed by atoms with van der Waals surface area (Å²) in [5, 5.41) is 0.595. The normalized spacial score (nSPS) is 22.4. The molecule has 0 aromatic carbocycles. The van der Waals surface area contributed by atoms with Crippen LogP contribution in [0.4, 0.5) is 0 Å². The Balaban J connectivity index is 1.92. The molecule has 0 radical (unpaired) electrons. The summed E-state index contributed by atoms with van der Waals surface area (Å²) in [5.41, 5.74) is 0. The second-order valence-corrected chi connectivity index (χ2v) is 5.23. The number of aromatic nitrogens is 2. The number of hydrogen-bond acceptors (Lipinski definition) is 5. The minimum Gasteiger partial charge on any atom is -0.380 e. The molecule has 0 N–H and O–H groups in total. The van der Waals surface area contributed by atoms with Crippen molar-refractivity contribution >= 4 is 23.3 Å². The van der Waals surface area contributed by atoms with Gasteiger partial charge < -0.3 is 4.74 Å². The third kappa shape index (κ3) is 2.42. The first-order chi connectivity index (χ1) is 6.38. The van der Waals surface area contributed by atoms with E-state index in [-0.39, 0.29) is 0 Å². The van der Waals surface area contributed by atoms with E-state index in [2.05, 4.69) is 16.3 Å². The molecule has 0 aliphatic carbocycles. The molecule has 0 spiro atoms. The second-order valence-electron chi connectivity index (χ2n) is 2.93. The minimum absolute atomic E-state index is 0.595. The Morgan fingerprint density at radius 2 is 2.62 bits per heavy atom. The maximum Gasteiger partial charge on any atom is 0.170 e. The van der Waals surface area contributed by atoms with Crippen LogP contribution in [0.2, 0.25) is 0 Å². The summed E-state index contributed by atoms with van der Waals surface area (Å²) >= 11 is 3.31. The molecular weight excluding hydrogens is 204 g/mol. The Bertz CT molecular complexity index is 271. The molecule has 2 rings (SSSR count). The van der Waals surface area contributed by atoms with E-state index in [0.717, 1.165) is 36.2 Å². The first-order valence-electron chi connectivity index (χ1n) is 4.45. The van der Waals surface area contributed by atoms with Crippen LogP contribution in [-0.2, 0) is 11.2 Å². The Morgan fingerprint density at radius 1 is 1.69 bits per heavy atom. The van der Waals surface area contributed by atoms with Crippen molar-refractivity contribution in [1.82, 2.24) is 9.36 Å². The SMILES string of the molecule is CCc1nsc(SC2CCOC2)n1. The summed E-state index contributed by atoms with van der Waals surface area (Å²) in [4.78, 5) is 4.41. The van der Waals surface area contributed by atoms with Crippen LogP contribution in [0.1, 0.15) is 19.2 Å². The fourth-order valence-corrected chi connectivity index (χ4v) is 3.19. The van der Waals surface area contributed by atoms with Crippen molar-refractivity contribution in [3.63, 3.8) is 0 Å². The number of ether oxygens (including phenoxy) is 1. The largest absolute Gasteiger partial charge is 0.380 e. The third-order valence-corrected chi connectivity index (χ3v) is 3.98. The number of rotatable bonds is 3. The van der Waals surface area contributed by atoms with Crippen LogP contribution in [0, 0.1) is 0 Å². The molecule has 0 bridgehead atoms. The summed E-state index contributed by atoms with van der Waals surface area (Å²) in [6.07, 6.45) is 2.07. The van der Waals surface area contributed by atoms with Crippen molar-refractivity contribution < 1.29 is 4.74 Å². The summed E-state index contributed by atoms with van der Waals surface area (Å²) in [6.45, 7) is 3.85. The predicted molar refractivity (Wildman–Crippen MR) is 54.4 cm³/mol. The fraction of sp³-hybridized carbons (Fsp3) is 0.750. The van der Waals surface area contributed by atoms with Crippen LogP contribution in [-0.4, -0.2) is 27.8 Å². The van der Waals surface area contributed by atoms with Gasteiger partial charge in [-0.2, -0.15) is 4.37 Å². The molecule has 0 amide bonds. The lowest BCUT2D eigenvalue weighted by Crippen LogP contribution is -1.99. The maximum atomic E-state index is 5.30. The van der Waals surface area contributed by atoms with Gasteiger partial charge in [-0.05, 0) is 18.0 Å². The smallest absolute Gasteiger partial charge is 0.170 e. The Labute approximate surface area is 86.1 Å². The predicted octanol–water partition coefficient (Wildman–Crippen LogP) is 1.98. The molecule has 13 heavy (non-hydrogen) atoms. The van der Waals surface area contributed by atoms with Crippen LogP contribution >= 0.6 is 23.3 Å². The molecule has 1 fully saturated rings. The maximum absolute atomic E-state index is 5.30. The molecule has 1 aliphatic rings. The van der Waals surface area contributed by atoms with E-state index < -0.39 is 0 Å². The van der Waals surface area contributed by atoms with E-state index >= 15 is 0 Å². The molecule has 1 atom stereocenters. The van der Waals surface area contributed by atoms with Gasteiger partial charge in [0.05, 0.1) is 6.61 Å². The lowest BCUT2D eigenvalue weighted by molar-refractivity contribution is 0.199. The van der Waals surface area contributed by atoms with Crippen molar-refractivity contribution in [2.75, 3.05) is 13.2 Å². The standard InChI is InChI=1S/C8H12N2OS2/c1-2-7-9-8(13-10-7)12-6-3-4-11-5-6/h6H,2-5H2,1H3. The fourth-order valence-electron chi connectivity index (χ4n) is 1.18. The minimum atomic E-state index is 0.595. The van der Waals surface area contributed by atoms with Crippen LogP contribution in [0.3, 0.4) is 0 Å². The van der Waals surface area contributed by atoms with Gasteiger partial charge in [0.1, 0.15) is 5.82 Å². The molecule has 72 valence electrons.